The smallest absolute Gasteiger partial charge is 0.251 e. The topological polar surface area (TPSA) is 85.3 Å². The van der Waals surface area contributed by atoms with Gasteiger partial charge in [0.2, 0.25) is 5.91 Å². The summed E-state index contributed by atoms with van der Waals surface area (Å²) in [5.41, 5.74) is 8.76. The van der Waals surface area contributed by atoms with E-state index in [2.05, 4.69) is 5.32 Å². The highest BCUT2D eigenvalue weighted by atomic mass is 35.5. The molecule has 0 atom stereocenters. The van der Waals surface area contributed by atoms with Gasteiger partial charge in [0, 0.05) is 17.4 Å². The summed E-state index contributed by atoms with van der Waals surface area (Å²) in [6.07, 6.45) is 0.462. The second-order valence-corrected chi connectivity index (χ2v) is 7.49. The average Bonchev–Trinajstić information content (AvgIpc) is 3.17. The highest BCUT2D eigenvalue weighted by Gasteiger charge is 2.13. The molecule has 156 valence electrons. The molecule has 0 unspecified atom stereocenters. The highest BCUT2D eigenvalue weighted by Crippen LogP contribution is 2.32. The largest absolute Gasteiger partial charge is 0.461 e. The Morgan fingerprint density at radius 2 is 1.84 bits per heavy atom. The minimum atomic E-state index is -0.609. The molecule has 0 radical (unpaired) electrons. The minimum Gasteiger partial charge on any atom is -0.461 e. The summed E-state index contributed by atoms with van der Waals surface area (Å²) in [4.78, 5) is 23.2. The summed E-state index contributed by atoms with van der Waals surface area (Å²) in [6, 6.07) is 19.3. The number of nitrogens with one attached hydrogen (secondary N) is 1. The summed E-state index contributed by atoms with van der Waals surface area (Å²) in [7, 11) is 0. The number of primary amides is 1. The Bertz CT molecular complexity index is 1300. The first-order valence-corrected chi connectivity index (χ1v) is 9.91. The summed E-state index contributed by atoms with van der Waals surface area (Å²) in [5, 5.41) is 3.44. The zero-order valence-electron chi connectivity index (χ0n) is 16.3. The zero-order valence-corrected chi connectivity index (χ0v) is 17.1. The zero-order chi connectivity index (χ0) is 22.0. The normalized spacial score (nSPS) is 10.9. The van der Waals surface area contributed by atoms with Crippen LogP contribution < -0.4 is 11.1 Å². The Balaban J connectivity index is 1.66. The van der Waals surface area contributed by atoms with Crippen LogP contribution in [0.5, 0.6) is 0 Å². The van der Waals surface area contributed by atoms with Crippen LogP contribution in [0.25, 0.3) is 22.1 Å². The molecular formula is C24H18ClFN2O3. The van der Waals surface area contributed by atoms with Gasteiger partial charge in [0.25, 0.3) is 5.91 Å². The Hall–Kier alpha value is -3.64. The molecule has 7 heteroatoms. The first kappa shape index (κ1) is 20.6. The van der Waals surface area contributed by atoms with E-state index in [9.17, 15) is 14.0 Å². The number of halogens is 2. The number of fused-ring (bicyclic) bond motifs is 1. The van der Waals surface area contributed by atoms with Crippen molar-refractivity contribution in [2.45, 2.75) is 6.42 Å². The third-order valence-electron chi connectivity index (χ3n) is 4.83. The number of hydrogen-bond acceptors (Lipinski definition) is 3. The second kappa shape index (κ2) is 8.62. The summed E-state index contributed by atoms with van der Waals surface area (Å²) < 4.78 is 19.4. The number of nitrogens with two attached hydrogens (primary N) is 1. The standard InChI is InChI=1S/C24H18ClFN2O3/c25-20-10-14(7-8-21(20)26)9-17-12-19-18(5-2-6-22(19)31-17)15-3-1-4-16(11-15)24(30)28-13-23(27)29/h1-8,10-12H,9,13H2,(H2,27,29)(H,28,30). The maximum absolute atomic E-state index is 13.4. The molecule has 0 aliphatic heterocycles. The second-order valence-electron chi connectivity index (χ2n) is 7.09. The van der Waals surface area contributed by atoms with Gasteiger partial charge in [-0.05, 0) is 53.1 Å². The summed E-state index contributed by atoms with van der Waals surface area (Å²) in [5.74, 6) is -0.742. The van der Waals surface area contributed by atoms with E-state index in [4.69, 9.17) is 21.8 Å². The molecule has 0 aliphatic carbocycles. The number of carbonyl (C=O) groups is 2. The lowest BCUT2D eigenvalue weighted by Crippen LogP contribution is -2.33. The van der Waals surface area contributed by atoms with Crippen LogP contribution in [0.4, 0.5) is 4.39 Å². The molecule has 1 heterocycles. The number of amides is 2. The van der Waals surface area contributed by atoms with Gasteiger partial charge in [0.05, 0.1) is 11.6 Å². The molecule has 0 aliphatic rings. The molecule has 1 aromatic heterocycles. The van der Waals surface area contributed by atoms with Crippen molar-refractivity contribution >= 4 is 34.4 Å². The number of rotatable bonds is 6. The molecule has 2 amide bonds. The molecule has 3 N–H and O–H groups in total. The first-order chi connectivity index (χ1) is 14.9. The third kappa shape index (κ3) is 4.59. The Kier molecular flexibility index (Phi) is 5.73. The lowest BCUT2D eigenvalue weighted by atomic mass is 9.99. The highest BCUT2D eigenvalue weighted by molar-refractivity contribution is 6.30. The van der Waals surface area contributed by atoms with Crippen molar-refractivity contribution in [2.75, 3.05) is 6.54 Å². The first-order valence-electron chi connectivity index (χ1n) is 9.53. The van der Waals surface area contributed by atoms with E-state index in [0.717, 1.165) is 22.1 Å². The molecule has 0 saturated heterocycles. The molecule has 0 spiro atoms. The van der Waals surface area contributed by atoms with Crippen molar-refractivity contribution in [2.24, 2.45) is 5.73 Å². The van der Waals surface area contributed by atoms with E-state index in [1.807, 2.05) is 30.3 Å². The maximum Gasteiger partial charge on any atom is 0.251 e. The molecule has 3 aromatic carbocycles. The van der Waals surface area contributed by atoms with Crippen molar-refractivity contribution in [3.8, 4) is 11.1 Å². The van der Waals surface area contributed by atoms with Gasteiger partial charge in [-0.2, -0.15) is 0 Å². The van der Waals surface area contributed by atoms with Gasteiger partial charge in [0.1, 0.15) is 17.2 Å². The van der Waals surface area contributed by atoms with E-state index in [1.165, 1.54) is 6.07 Å². The van der Waals surface area contributed by atoms with Crippen LogP contribution >= 0.6 is 11.6 Å². The van der Waals surface area contributed by atoms with Gasteiger partial charge in [0.15, 0.2) is 0 Å². The molecule has 4 rings (SSSR count). The minimum absolute atomic E-state index is 0.0701. The SMILES string of the molecule is NC(=O)CNC(=O)c1cccc(-c2cccc3oc(Cc4ccc(F)c(Cl)c4)cc23)c1. The van der Waals surface area contributed by atoms with Gasteiger partial charge >= 0.3 is 0 Å². The molecular weight excluding hydrogens is 419 g/mol. The van der Waals surface area contributed by atoms with Crippen LogP contribution in [0.3, 0.4) is 0 Å². The Morgan fingerprint density at radius 1 is 1.03 bits per heavy atom. The van der Waals surface area contributed by atoms with Crippen molar-refractivity contribution in [3.05, 3.63) is 94.5 Å². The fourth-order valence-electron chi connectivity index (χ4n) is 3.40. The Labute approximate surface area is 182 Å². The van der Waals surface area contributed by atoms with Gasteiger partial charge < -0.3 is 15.5 Å². The van der Waals surface area contributed by atoms with Gasteiger partial charge in [-0.3, -0.25) is 9.59 Å². The quantitative estimate of drug-likeness (QED) is 0.459. The molecule has 0 bridgehead atoms. The number of carbonyl (C=O) groups excluding carboxylic acids is 2. The molecule has 0 fully saturated rings. The maximum atomic E-state index is 13.4. The lowest BCUT2D eigenvalue weighted by molar-refractivity contribution is -0.117. The third-order valence-corrected chi connectivity index (χ3v) is 5.12. The molecule has 31 heavy (non-hydrogen) atoms. The van der Waals surface area contributed by atoms with Crippen LogP contribution in [0, 0.1) is 5.82 Å². The van der Waals surface area contributed by atoms with E-state index in [-0.39, 0.29) is 17.5 Å². The lowest BCUT2D eigenvalue weighted by Gasteiger charge is -2.07. The van der Waals surface area contributed by atoms with Crippen LogP contribution in [-0.4, -0.2) is 18.4 Å². The summed E-state index contributed by atoms with van der Waals surface area (Å²) in [6.45, 7) is -0.225. The van der Waals surface area contributed by atoms with Crippen LogP contribution in [0.15, 0.2) is 71.1 Å². The summed E-state index contributed by atoms with van der Waals surface area (Å²) >= 11 is 5.88. The predicted octanol–water partition coefficient (Wildman–Crippen LogP) is 4.70. The molecule has 4 aromatic rings. The molecule has 0 saturated carbocycles. The number of benzene rings is 3. The van der Waals surface area contributed by atoms with Crippen molar-refractivity contribution < 1.29 is 18.4 Å². The molecule has 5 nitrogen and oxygen atoms in total. The number of furan rings is 1. The van der Waals surface area contributed by atoms with Crippen molar-refractivity contribution in [1.29, 1.82) is 0 Å². The van der Waals surface area contributed by atoms with Crippen molar-refractivity contribution in [3.63, 3.8) is 0 Å². The van der Waals surface area contributed by atoms with Gasteiger partial charge in [-0.15, -0.1) is 0 Å². The van der Waals surface area contributed by atoms with Gasteiger partial charge in [-0.25, -0.2) is 4.39 Å². The number of hydrogen-bond donors (Lipinski definition) is 2. The van der Waals surface area contributed by atoms with Crippen LogP contribution in [0.2, 0.25) is 5.02 Å². The fraction of sp³-hybridized carbons (Fsp3) is 0.0833. The van der Waals surface area contributed by atoms with Crippen LogP contribution in [0.1, 0.15) is 21.7 Å². The van der Waals surface area contributed by atoms with Crippen LogP contribution in [-0.2, 0) is 11.2 Å². The van der Waals surface area contributed by atoms with E-state index in [1.54, 1.807) is 30.3 Å². The fourth-order valence-corrected chi connectivity index (χ4v) is 3.60. The average molecular weight is 437 g/mol. The van der Waals surface area contributed by atoms with E-state index < -0.39 is 11.7 Å². The predicted molar refractivity (Wildman–Crippen MR) is 117 cm³/mol. The van der Waals surface area contributed by atoms with E-state index in [0.29, 0.717) is 23.3 Å². The monoisotopic (exact) mass is 436 g/mol. The van der Waals surface area contributed by atoms with E-state index >= 15 is 0 Å². The van der Waals surface area contributed by atoms with Crippen molar-refractivity contribution in [1.82, 2.24) is 5.32 Å². The van der Waals surface area contributed by atoms with Gasteiger partial charge in [-0.1, -0.05) is 41.9 Å². The Morgan fingerprint density at radius 3 is 2.61 bits per heavy atom.